The molecule has 0 atom stereocenters. The van der Waals surface area contributed by atoms with Gasteiger partial charge >= 0.3 is 0 Å². The molecule has 2 aromatic rings. The molecular weight excluding hydrogens is 260 g/mol. The fraction of sp³-hybridized carbons (Fsp3) is 0.167. The molecule has 0 heterocycles. The molecule has 21 heavy (non-hydrogen) atoms. The van der Waals surface area contributed by atoms with E-state index in [1.54, 1.807) is 0 Å². The van der Waals surface area contributed by atoms with E-state index in [1.165, 1.54) is 0 Å². The Balaban J connectivity index is 2.20. The molecule has 0 amide bonds. The summed E-state index contributed by atoms with van der Waals surface area (Å²) in [7, 11) is 1.96. The van der Waals surface area contributed by atoms with E-state index in [1.807, 2.05) is 60.5 Å². The van der Waals surface area contributed by atoms with Gasteiger partial charge in [-0.1, -0.05) is 36.1 Å². The largest absolute Gasteiger partial charge is 0.384 e. The SMILES string of the molecule is CN(Cc1cccc(C#CCO)c1)c1ccccc1C#N. The summed E-state index contributed by atoms with van der Waals surface area (Å²) in [5.41, 5.74) is 3.56. The summed E-state index contributed by atoms with van der Waals surface area (Å²) >= 11 is 0. The molecule has 3 heteroatoms. The number of anilines is 1. The summed E-state index contributed by atoms with van der Waals surface area (Å²) in [5.74, 6) is 5.54. The number of aliphatic hydroxyl groups is 1. The van der Waals surface area contributed by atoms with Gasteiger partial charge in [-0.25, -0.2) is 0 Å². The van der Waals surface area contributed by atoms with Crippen LogP contribution in [0.25, 0.3) is 0 Å². The molecule has 1 N–H and O–H groups in total. The number of aliphatic hydroxyl groups excluding tert-OH is 1. The number of hydrogen-bond acceptors (Lipinski definition) is 3. The van der Waals surface area contributed by atoms with Gasteiger partial charge in [0.1, 0.15) is 12.7 Å². The average Bonchev–Trinajstić information content (AvgIpc) is 2.53. The molecule has 0 aliphatic heterocycles. The van der Waals surface area contributed by atoms with Crippen molar-refractivity contribution in [2.45, 2.75) is 6.54 Å². The van der Waals surface area contributed by atoms with Crippen molar-refractivity contribution < 1.29 is 5.11 Å². The van der Waals surface area contributed by atoms with Crippen molar-refractivity contribution in [3.05, 3.63) is 65.2 Å². The van der Waals surface area contributed by atoms with Crippen LogP contribution in [-0.2, 0) is 6.54 Å². The van der Waals surface area contributed by atoms with E-state index in [-0.39, 0.29) is 6.61 Å². The van der Waals surface area contributed by atoms with Gasteiger partial charge in [-0.05, 0) is 29.8 Å². The van der Waals surface area contributed by atoms with Crippen LogP contribution in [0.1, 0.15) is 16.7 Å². The van der Waals surface area contributed by atoms with Crippen LogP contribution in [0.3, 0.4) is 0 Å². The average molecular weight is 276 g/mol. The molecule has 2 aromatic carbocycles. The van der Waals surface area contributed by atoms with Crippen LogP contribution in [0.15, 0.2) is 48.5 Å². The Bertz CT molecular complexity index is 720. The second kappa shape index (κ2) is 7.14. The maximum absolute atomic E-state index is 9.16. The summed E-state index contributed by atoms with van der Waals surface area (Å²) in [6, 6.07) is 17.6. The van der Waals surface area contributed by atoms with Gasteiger partial charge in [0.25, 0.3) is 0 Å². The van der Waals surface area contributed by atoms with E-state index in [0.29, 0.717) is 12.1 Å². The van der Waals surface area contributed by atoms with Crippen LogP contribution >= 0.6 is 0 Å². The van der Waals surface area contributed by atoms with Crippen molar-refractivity contribution in [1.82, 2.24) is 0 Å². The molecule has 0 bridgehead atoms. The van der Waals surface area contributed by atoms with E-state index in [0.717, 1.165) is 16.8 Å². The molecule has 3 nitrogen and oxygen atoms in total. The highest BCUT2D eigenvalue weighted by molar-refractivity contribution is 5.59. The third-order valence-electron chi connectivity index (χ3n) is 3.09. The Labute approximate surface area is 125 Å². The van der Waals surface area contributed by atoms with Crippen molar-refractivity contribution in [2.24, 2.45) is 0 Å². The van der Waals surface area contributed by atoms with E-state index >= 15 is 0 Å². The van der Waals surface area contributed by atoms with Crippen molar-refractivity contribution in [2.75, 3.05) is 18.6 Å². The van der Waals surface area contributed by atoms with E-state index in [2.05, 4.69) is 17.9 Å². The van der Waals surface area contributed by atoms with Gasteiger partial charge in [0.05, 0.1) is 11.3 Å². The summed E-state index contributed by atoms with van der Waals surface area (Å²) in [4.78, 5) is 2.04. The lowest BCUT2D eigenvalue weighted by atomic mass is 10.1. The fourth-order valence-corrected chi connectivity index (χ4v) is 2.15. The Morgan fingerprint density at radius 1 is 1.14 bits per heavy atom. The van der Waals surface area contributed by atoms with Gasteiger partial charge in [-0.3, -0.25) is 0 Å². The third kappa shape index (κ3) is 3.86. The van der Waals surface area contributed by atoms with Crippen LogP contribution in [0.4, 0.5) is 5.69 Å². The van der Waals surface area contributed by atoms with Gasteiger partial charge in [0, 0.05) is 19.2 Å². The maximum atomic E-state index is 9.16. The lowest BCUT2D eigenvalue weighted by Crippen LogP contribution is -2.17. The van der Waals surface area contributed by atoms with Crippen molar-refractivity contribution in [3.8, 4) is 17.9 Å². The quantitative estimate of drug-likeness (QED) is 0.876. The van der Waals surface area contributed by atoms with Crippen LogP contribution < -0.4 is 4.90 Å². The predicted octanol–water partition coefficient (Wildman–Crippen LogP) is 2.54. The number of rotatable bonds is 3. The van der Waals surface area contributed by atoms with Crippen LogP contribution in [0.5, 0.6) is 0 Å². The van der Waals surface area contributed by atoms with E-state index < -0.39 is 0 Å². The monoisotopic (exact) mass is 276 g/mol. The highest BCUT2D eigenvalue weighted by Gasteiger charge is 2.07. The standard InChI is InChI=1S/C18H16N2O/c1-20(18-10-3-2-9-17(18)13-19)14-16-7-4-6-15(12-16)8-5-11-21/h2-4,6-7,9-10,12,21H,11,14H2,1H3. The molecule has 0 unspecified atom stereocenters. The molecule has 0 aliphatic carbocycles. The van der Waals surface area contributed by atoms with Gasteiger partial charge < -0.3 is 10.0 Å². The van der Waals surface area contributed by atoms with Crippen LogP contribution in [-0.4, -0.2) is 18.8 Å². The molecule has 0 fully saturated rings. The molecule has 0 aliphatic rings. The Kier molecular flexibility index (Phi) is 4.99. The molecule has 0 saturated heterocycles. The normalized spacial score (nSPS) is 9.38. The zero-order chi connectivity index (χ0) is 15.1. The lowest BCUT2D eigenvalue weighted by Gasteiger charge is -2.20. The molecule has 0 saturated carbocycles. The van der Waals surface area contributed by atoms with Crippen molar-refractivity contribution in [3.63, 3.8) is 0 Å². The minimum absolute atomic E-state index is 0.139. The molecule has 104 valence electrons. The first-order chi connectivity index (χ1) is 10.2. The highest BCUT2D eigenvalue weighted by Crippen LogP contribution is 2.20. The third-order valence-corrected chi connectivity index (χ3v) is 3.09. The van der Waals surface area contributed by atoms with E-state index in [9.17, 15) is 0 Å². The minimum Gasteiger partial charge on any atom is -0.384 e. The van der Waals surface area contributed by atoms with Crippen molar-refractivity contribution >= 4 is 5.69 Å². The van der Waals surface area contributed by atoms with Crippen LogP contribution in [0, 0.1) is 23.2 Å². The Morgan fingerprint density at radius 2 is 1.95 bits per heavy atom. The number of benzene rings is 2. The van der Waals surface area contributed by atoms with Gasteiger partial charge in [0.2, 0.25) is 0 Å². The molecule has 0 aromatic heterocycles. The summed E-state index contributed by atoms with van der Waals surface area (Å²) in [6.45, 7) is 0.549. The molecule has 2 rings (SSSR count). The summed E-state index contributed by atoms with van der Waals surface area (Å²) in [5, 5.41) is 17.9. The summed E-state index contributed by atoms with van der Waals surface area (Å²) < 4.78 is 0. The first-order valence-corrected chi connectivity index (χ1v) is 6.63. The molecule has 0 radical (unpaired) electrons. The maximum Gasteiger partial charge on any atom is 0.104 e. The number of nitriles is 1. The highest BCUT2D eigenvalue weighted by atomic mass is 16.2. The zero-order valence-electron chi connectivity index (χ0n) is 11.9. The first-order valence-electron chi connectivity index (χ1n) is 6.63. The first kappa shape index (κ1) is 14.7. The Morgan fingerprint density at radius 3 is 2.71 bits per heavy atom. The number of nitrogens with zero attached hydrogens (tertiary/aromatic N) is 2. The summed E-state index contributed by atoms with van der Waals surface area (Å²) in [6.07, 6.45) is 0. The van der Waals surface area contributed by atoms with Gasteiger partial charge in [-0.15, -0.1) is 0 Å². The predicted molar refractivity (Wildman–Crippen MR) is 83.7 cm³/mol. The Hall–Kier alpha value is -2.75. The van der Waals surface area contributed by atoms with E-state index in [4.69, 9.17) is 10.4 Å². The second-order valence-electron chi connectivity index (χ2n) is 4.65. The zero-order valence-corrected chi connectivity index (χ0v) is 11.9. The topological polar surface area (TPSA) is 47.3 Å². The van der Waals surface area contributed by atoms with Crippen molar-refractivity contribution in [1.29, 1.82) is 5.26 Å². The molecular formula is C18H16N2O. The van der Waals surface area contributed by atoms with Gasteiger partial charge in [0.15, 0.2) is 0 Å². The number of para-hydroxylation sites is 1. The lowest BCUT2D eigenvalue weighted by molar-refractivity contribution is 0.350. The van der Waals surface area contributed by atoms with Crippen LogP contribution in [0.2, 0.25) is 0 Å². The number of hydrogen-bond donors (Lipinski definition) is 1. The molecule has 0 spiro atoms. The smallest absolute Gasteiger partial charge is 0.104 e. The fourth-order valence-electron chi connectivity index (χ4n) is 2.15. The minimum atomic E-state index is -0.139. The second-order valence-corrected chi connectivity index (χ2v) is 4.65. The van der Waals surface area contributed by atoms with Gasteiger partial charge in [-0.2, -0.15) is 5.26 Å².